The van der Waals surface area contributed by atoms with Gasteiger partial charge in [-0.15, -0.1) is 24.8 Å². The van der Waals surface area contributed by atoms with E-state index in [-0.39, 0.29) is 53.5 Å². The number of hydrogen-bond acceptors (Lipinski definition) is 10. The highest BCUT2D eigenvalue weighted by Crippen LogP contribution is 2.38. The molecule has 0 bridgehead atoms. The lowest BCUT2D eigenvalue weighted by Crippen LogP contribution is -2.35. The van der Waals surface area contributed by atoms with Crippen LogP contribution < -0.4 is 15.4 Å². The van der Waals surface area contributed by atoms with Gasteiger partial charge in [0.2, 0.25) is 5.91 Å². The van der Waals surface area contributed by atoms with Crippen molar-refractivity contribution in [2.75, 3.05) is 50.5 Å². The molecule has 0 spiro atoms. The summed E-state index contributed by atoms with van der Waals surface area (Å²) in [6, 6.07) is 10.3. The molecule has 0 aromatic heterocycles. The van der Waals surface area contributed by atoms with Gasteiger partial charge in [-0.05, 0) is 54.7 Å². The van der Waals surface area contributed by atoms with Crippen molar-refractivity contribution in [1.29, 1.82) is 0 Å². The molecule has 24 heteroatoms. The number of benzene rings is 3. The molecule has 0 radical (unpaired) electrons. The number of amides is 2. The Kier molecular flexibility index (Phi) is 27.6. The zero-order valence-corrected chi connectivity index (χ0v) is 39.5. The molecule has 3 aromatic rings. The molecule has 2 atom stereocenters. The molecule has 3 aromatic carbocycles. The number of nitro groups is 1. The molecule has 65 heavy (non-hydrogen) atoms. The molecule has 0 saturated heterocycles. The number of aliphatic carboxylic acids is 1. The van der Waals surface area contributed by atoms with E-state index >= 15 is 0 Å². The third-order valence-electron chi connectivity index (χ3n) is 8.16. The average Bonchev–Trinajstić information content (AvgIpc) is 3.24. The first-order valence-electron chi connectivity index (χ1n) is 18.8. The SMILES string of the molecule is C=CCN(CC=C)C(=O)C(Cl)Cl.CCc1cccc(CC)c1N(COC)C(=O)CCl.CP(=O)(O)CCC(N)C(=O)O.O=C(O)c1cc(Oc2ccc(C(F)(F)F)cc2Cl)ccc1[N+](=O)[O-]. The lowest BCUT2D eigenvalue weighted by Gasteiger charge is -2.26. The van der Waals surface area contributed by atoms with E-state index in [1.165, 1.54) is 11.6 Å². The smallest absolute Gasteiger partial charge is 0.416 e. The number of para-hydroxylation sites is 1. The van der Waals surface area contributed by atoms with Gasteiger partial charge in [-0.2, -0.15) is 13.2 Å². The maximum Gasteiger partial charge on any atom is 0.416 e. The summed E-state index contributed by atoms with van der Waals surface area (Å²) in [6.07, 6.45) is 0.388. The fourth-order valence-electron chi connectivity index (χ4n) is 5.03. The van der Waals surface area contributed by atoms with Gasteiger partial charge in [0, 0.05) is 45.2 Å². The fraction of sp³-hybridized carbons (Fsp3) is 0.366. The van der Waals surface area contributed by atoms with Gasteiger partial charge in [0.05, 0.1) is 21.2 Å². The molecular weight excluding hydrogens is 970 g/mol. The van der Waals surface area contributed by atoms with Crippen molar-refractivity contribution in [2.45, 2.75) is 50.2 Å². The van der Waals surface area contributed by atoms with Gasteiger partial charge >= 0.3 is 18.1 Å². The first-order chi connectivity index (χ1) is 30.2. The Labute approximate surface area is 393 Å². The van der Waals surface area contributed by atoms with Gasteiger partial charge in [0.1, 0.15) is 35.7 Å². The number of carbonyl (C=O) groups is 4. The summed E-state index contributed by atoms with van der Waals surface area (Å²) < 4.78 is 58.7. The molecule has 16 nitrogen and oxygen atoms in total. The summed E-state index contributed by atoms with van der Waals surface area (Å²) >= 11 is 22.2. The number of carboxylic acid groups (broad SMARTS) is 2. The topological polar surface area (TPSA) is 240 Å². The van der Waals surface area contributed by atoms with Crippen LogP contribution in [0.15, 0.2) is 79.9 Å². The highest BCUT2D eigenvalue weighted by molar-refractivity contribution is 7.57. The number of carbonyl (C=O) groups excluding carboxylic acids is 2. The van der Waals surface area contributed by atoms with E-state index < -0.39 is 58.1 Å². The Hall–Kier alpha value is -4.72. The minimum absolute atomic E-state index is 0.0371. The molecule has 0 fully saturated rings. The second-order valence-corrected chi connectivity index (χ2v) is 17.4. The number of aryl methyl sites for hydroxylation is 2. The second-order valence-electron chi connectivity index (χ2n) is 13.1. The number of rotatable bonds is 19. The first-order valence-corrected chi connectivity index (χ1v) is 22.9. The van der Waals surface area contributed by atoms with E-state index in [9.17, 15) is 47.0 Å². The molecule has 360 valence electrons. The number of hydrogen-bond donors (Lipinski definition) is 4. The van der Waals surface area contributed by atoms with Crippen LogP contribution in [-0.4, -0.2) is 105 Å². The zero-order valence-electron chi connectivity index (χ0n) is 35.6. The van der Waals surface area contributed by atoms with E-state index in [0.29, 0.717) is 19.2 Å². The Morgan fingerprint density at radius 1 is 1.00 bits per heavy atom. The molecule has 0 aliphatic carbocycles. The summed E-state index contributed by atoms with van der Waals surface area (Å²) in [5.74, 6) is -3.46. The third kappa shape index (κ3) is 21.9. The van der Waals surface area contributed by atoms with Gasteiger partial charge in [0.25, 0.3) is 11.6 Å². The van der Waals surface area contributed by atoms with Crippen LogP contribution in [0.3, 0.4) is 0 Å². The van der Waals surface area contributed by atoms with Gasteiger partial charge in [0.15, 0.2) is 12.2 Å². The number of nitro benzene ring substituents is 1. The third-order valence-corrected chi connectivity index (χ3v) is 10.1. The van der Waals surface area contributed by atoms with Crippen LogP contribution in [0, 0.1) is 10.1 Å². The molecule has 3 rings (SSSR count). The van der Waals surface area contributed by atoms with Crippen LogP contribution >= 0.6 is 53.8 Å². The number of anilines is 1. The Morgan fingerprint density at radius 2 is 1.55 bits per heavy atom. The number of nitrogens with two attached hydrogens (primary N) is 1. The molecule has 2 amide bonds. The van der Waals surface area contributed by atoms with E-state index in [1.54, 1.807) is 24.2 Å². The maximum absolute atomic E-state index is 12.6. The summed E-state index contributed by atoms with van der Waals surface area (Å²) in [6.45, 7) is 13.5. The lowest BCUT2D eigenvalue weighted by atomic mass is 10.0. The number of nitrogens with zero attached hydrogens (tertiary/aromatic N) is 3. The Morgan fingerprint density at radius 3 is 1.94 bits per heavy atom. The van der Waals surface area contributed by atoms with Gasteiger partial charge in [-0.25, -0.2) is 4.79 Å². The van der Waals surface area contributed by atoms with E-state index in [0.717, 1.165) is 60.0 Å². The van der Waals surface area contributed by atoms with Crippen molar-refractivity contribution in [1.82, 2.24) is 4.90 Å². The number of halogens is 7. The summed E-state index contributed by atoms with van der Waals surface area (Å²) in [7, 11) is -1.52. The quantitative estimate of drug-likeness (QED) is 0.0219. The van der Waals surface area contributed by atoms with E-state index in [4.69, 9.17) is 76.7 Å². The highest BCUT2D eigenvalue weighted by Gasteiger charge is 2.31. The molecule has 2 unspecified atom stereocenters. The maximum atomic E-state index is 12.6. The predicted molar refractivity (Wildman–Crippen MR) is 245 cm³/mol. The lowest BCUT2D eigenvalue weighted by molar-refractivity contribution is -0.385. The highest BCUT2D eigenvalue weighted by atomic mass is 35.5. The van der Waals surface area contributed by atoms with E-state index in [1.807, 2.05) is 18.2 Å². The van der Waals surface area contributed by atoms with Crippen LogP contribution in [0.2, 0.25) is 5.02 Å². The van der Waals surface area contributed by atoms with Crippen LogP contribution in [0.4, 0.5) is 24.5 Å². The Balaban J connectivity index is 0.000000887. The molecule has 5 N–H and O–H groups in total. The van der Waals surface area contributed by atoms with Crippen molar-refractivity contribution in [2.24, 2.45) is 5.73 Å². The summed E-state index contributed by atoms with van der Waals surface area (Å²) in [5, 5.41) is 27.7. The molecule has 0 aliphatic rings. The number of ether oxygens (including phenoxy) is 2. The zero-order chi connectivity index (χ0) is 50.2. The van der Waals surface area contributed by atoms with Crippen LogP contribution in [0.25, 0.3) is 0 Å². The second kappa shape index (κ2) is 29.7. The summed E-state index contributed by atoms with van der Waals surface area (Å²) in [4.78, 5) is 65.0. The van der Waals surface area contributed by atoms with Crippen molar-refractivity contribution in [3.63, 3.8) is 0 Å². The Bertz CT molecular complexity index is 2110. The number of alkyl halides is 6. The molecule has 0 saturated carbocycles. The monoisotopic (exact) mass is 1020 g/mol. The normalized spacial score (nSPS) is 12.0. The molecular formula is C41H50Cl4F3N4O12P. The fourth-order valence-corrected chi connectivity index (χ4v) is 6.42. The minimum Gasteiger partial charge on any atom is -0.480 e. The number of carboxylic acids is 2. The van der Waals surface area contributed by atoms with Crippen LogP contribution in [0.5, 0.6) is 11.5 Å². The van der Waals surface area contributed by atoms with Gasteiger partial charge < -0.3 is 35.2 Å². The van der Waals surface area contributed by atoms with Crippen LogP contribution in [0.1, 0.15) is 47.3 Å². The van der Waals surface area contributed by atoms with Crippen LogP contribution in [-0.2, 0) is 42.7 Å². The van der Waals surface area contributed by atoms with Crippen molar-refractivity contribution < 1.29 is 66.4 Å². The average molecular weight is 1020 g/mol. The van der Waals surface area contributed by atoms with Gasteiger partial charge in [-0.1, -0.05) is 79.0 Å². The first kappa shape index (κ1) is 60.3. The number of methoxy groups -OCH3 is 1. The van der Waals surface area contributed by atoms with E-state index in [2.05, 4.69) is 27.0 Å². The van der Waals surface area contributed by atoms with Crippen molar-refractivity contribution >= 4 is 88.9 Å². The van der Waals surface area contributed by atoms with Crippen molar-refractivity contribution in [3.8, 4) is 11.5 Å². The minimum atomic E-state index is -4.58. The molecule has 0 heterocycles. The van der Waals surface area contributed by atoms with Gasteiger partial charge in [-0.3, -0.25) is 34.0 Å². The standard InChI is InChI=1S/C14H7ClF3NO5.C14H20ClNO2.C8H11Cl2NO.C5H12NO4P/c15-10-5-7(14(16,17)18)1-4-12(10)24-8-2-3-11(19(22)23)9(6-8)13(20)21;1-4-11-7-6-8-12(5-2)14(11)16(10-18-3)13(17)9-15;1-3-5-11(6-4-2)8(12)7(9)10;1-11(9,10)3-2-4(6)5(7)8/h1-6H,(H,20,21);6-8H,4-5,9-10H2,1-3H3;3-4,7H,1-2,5-6H2;4H,2-3,6H2,1H3,(H,7,8)(H,9,10). The summed E-state index contributed by atoms with van der Waals surface area (Å²) in [5.41, 5.74) is 6.09. The number of aromatic carboxylic acids is 1. The largest absolute Gasteiger partial charge is 0.480 e. The van der Waals surface area contributed by atoms with Crippen molar-refractivity contribution in [3.05, 3.63) is 117 Å². The predicted octanol–water partition coefficient (Wildman–Crippen LogP) is 9.42. The molecule has 0 aliphatic heterocycles.